The summed E-state index contributed by atoms with van der Waals surface area (Å²) >= 11 is 0. The third-order valence-corrected chi connectivity index (χ3v) is 4.08. The zero-order valence-electron chi connectivity index (χ0n) is 15.6. The van der Waals surface area contributed by atoms with Gasteiger partial charge in [0, 0.05) is 12.6 Å². The molecule has 0 aliphatic heterocycles. The van der Waals surface area contributed by atoms with Gasteiger partial charge in [0.15, 0.2) is 5.69 Å². The van der Waals surface area contributed by atoms with Gasteiger partial charge in [-0.05, 0) is 43.7 Å². The van der Waals surface area contributed by atoms with Crippen molar-refractivity contribution in [2.45, 2.75) is 20.4 Å². The van der Waals surface area contributed by atoms with Crippen LogP contribution in [0.2, 0.25) is 0 Å². The average Bonchev–Trinajstić information content (AvgIpc) is 2.68. The molecular weight excluding hydrogens is 361 g/mol. The van der Waals surface area contributed by atoms with Gasteiger partial charge < -0.3 is 10.1 Å². The van der Waals surface area contributed by atoms with Gasteiger partial charge in [-0.3, -0.25) is 4.79 Å². The molecule has 0 unspecified atom stereocenters. The van der Waals surface area contributed by atoms with E-state index < -0.39 is 11.5 Å². The highest BCUT2D eigenvalue weighted by molar-refractivity contribution is 5.93. The molecule has 144 valence electrons. The fraction of sp³-hybridized carbons (Fsp3) is 0.190. The molecule has 0 fully saturated rings. The molecule has 0 radical (unpaired) electrons. The number of anilines is 1. The van der Waals surface area contributed by atoms with E-state index in [0.717, 1.165) is 15.8 Å². The van der Waals surface area contributed by atoms with Crippen LogP contribution in [0.15, 0.2) is 59.4 Å². The lowest BCUT2D eigenvalue weighted by Gasteiger charge is -2.13. The van der Waals surface area contributed by atoms with Crippen molar-refractivity contribution < 1.29 is 13.9 Å². The quantitative estimate of drug-likeness (QED) is 0.662. The van der Waals surface area contributed by atoms with E-state index in [1.54, 1.807) is 31.2 Å². The minimum absolute atomic E-state index is 0.00383. The highest BCUT2D eigenvalue weighted by atomic mass is 19.1. The third kappa shape index (κ3) is 4.43. The Morgan fingerprint density at radius 1 is 1.14 bits per heavy atom. The minimum Gasteiger partial charge on any atom is -0.461 e. The molecule has 3 rings (SSSR count). The number of ether oxygens (including phenoxy) is 1. The Hall–Kier alpha value is -3.48. The first-order valence-corrected chi connectivity index (χ1v) is 8.85. The third-order valence-electron chi connectivity index (χ3n) is 4.08. The molecule has 0 spiro atoms. The summed E-state index contributed by atoms with van der Waals surface area (Å²) in [5.74, 6) is -0.969. The molecule has 7 heteroatoms. The molecule has 1 aromatic heterocycles. The van der Waals surface area contributed by atoms with Crippen LogP contribution < -0.4 is 10.9 Å². The summed E-state index contributed by atoms with van der Waals surface area (Å²) in [6.45, 7) is 4.11. The Balaban J connectivity index is 1.97. The number of rotatable bonds is 6. The predicted octanol–water partition coefficient (Wildman–Crippen LogP) is 3.47. The van der Waals surface area contributed by atoms with Gasteiger partial charge in [-0.25, -0.2) is 9.18 Å². The van der Waals surface area contributed by atoms with Crippen LogP contribution in [-0.4, -0.2) is 22.4 Å². The fourth-order valence-electron chi connectivity index (χ4n) is 2.61. The highest BCUT2D eigenvalue weighted by Crippen LogP contribution is 2.16. The molecule has 3 aromatic rings. The van der Waals surface area contributed by atoms with Gasteiger partial charge in [-0.1, -0.05) is 29.8 Å². The monoisotopic (exact) mass is 381 g/mol. The van der Waals surface area contributed by atoms with E-state index in [2.05, 4.69) is 10.4 Å². The lowest BCUT2D eigenvalue weighted by atomic mass is 10.2. The molecule has 0 saturated carbocycles. The van der Waals surface area contributed by atoms with Crippen LogP contribution in [0.5, 0.6) is 0 Å². The molecule has 0 atom stereocenters. The van der Waals surface area contributed by atoms with E-state index in [4.69, 9.17) is 4.74 Å². The SMILES string of the molecule is CCOC(=O)c1nn(-c2ccc(C)cc2)c(=O)cc1NCc1ccc(F)cc1. The number of hydrogen-bond donors (Lipinski definition) is 1. The van der Waals surface area contributed by atoms with Gasteiger partial charge in [0.05, 0.1) is 18.0 Å². The van der Waals surface area contributed by atoms with Crippen LogP contribution in [0.25, 0.3) is 5.69 Å². The minimum atomic E-state index is -0.634. The number of aryl methyl sites for hydroxylation is 1. The second kappa shape index (κ2) is 8.47. The zero-order chi connectivity index (χ0) is 20.1. The van der Waals surface area contributed by atoms with Crippen molar-refractivity contribution in [2.24, 2.45) is 0 Å². The Morgan fingerprint density at radius 2 is 1.82 bits per heavy atom. The van der Waals surface area contributed by atoms with Gasteiger partial charge in [0.1, 0.15) is 5.82 Å². The second-order valence-electron chi connectivity index (χ2n) is 6.19. The van der Waals surface area contributed by atoms with E-state index >= 15 is 0 Å². The van der Waals surface area contributed by atoms with Gasteiger partial charge in [-0.2, -0.15) is 9.78 Å². The van der Waals surface area contributed by atoms with E-state index in [-0.39, 0.29) is 23.8 Å². The predicted molar refractivity (Wildman–Crippen MR) is 104 cm³/mol. The zero-order valence-corrected chi connectivity index (χ0v) is 15.6. The van der Waals surface area contributed by atoms with Crippen LogP contribution in [0.4, 0.5) is 10.1 Å². The van der Waals surface area contributed by atoms with E-state index in [0.29, 0.717) is 12.2 Å². The summed E-state index contributed by atoms with van der Waals surface area (Å²) in [6, 6.07) is 14.5. The Labute approximate surface area is 161 Å². The maximum Gasteiger partial charge on any atom is 0.360 e. The molecule has 2 aromatic carbocycles. The summed E-state index contributed by atoms with van der Waals surface area (Å²) < 4.78 is 19.3. The van der Waals surface area contributed by atoms with Gasteiger partial charge in [0.2, 0.25) is 0 Å². The number of benzene rings is 2. The number of hydrogen-bond acceptors (Lipinski definition) is 5. The van der Waals surface area contributed by atoms with Crippen molar-refractivity contribution in [1.29, 1.82) is 0 Å². The number of carbonyl (C=O) groups excluding carboxylic acids is 1. The van der Waals surface area contributed by atoms with Crippen molar-refractivity contribution >= 4 is 11.7 Å². The smallest absolute Gasteiger partial charge is 0.360 e. The van der Waals surface area contributed by atoms with E-state index in [1.807, 2.05) is 19.1 Å². The van der Waals surface area contributed by atoms with Crippen LogP contribution in [-0.2, 0) is 11.3 Å². The van der Waals surface area contributed by atoms with Gasteiger partial charge in [0.25, 0.3) is 5.56 Å². The second-order valence-corrected chi connectivity index (χ2v) is 6.19. The van der Waals surface area contributed by atoms with Crippen molar-refractivity contribution in [3.05, 3.63) is 87.6 Å². The number of carbonyl (C=O) groups is 1. The molecule has 1 heterocycles. The Kier molecular flexibility index (Phi) is 5.84. The molecule has 0 amide bonds. The molecule has 0 aliphatic rings. The van der Waals surface area contributed by atoms with Gasteiger partial charge in [-0.15, -0.1) is 0 Å². The first-order chi connectivity index (χ1) is 13.5. The highest BCUT2D eigenvalue weighted by Gasteiger charge is 2.18. The van der Waals surface area contributed by atoms with Crippen molar-refractivity contribution in [1.82, 2.24) is 9.78 Å². The summed E-state index contributed by atoms with van der Waals surface area (Å²) in [5.41, 5.74) is 2.25. The molecule has 0 bridgehead atoms. The van der Waals surface area contributed by atoms with Crippen molar-refractivity contribution in [2.75, 3.05) is 11.9 Å². The number of nitrogens with zero attached hydrogens (tertiary/aromatic N) is 2. The average molecular weight is 381 g/mol. The van der Waals surface area contributed by atoms with Crippen LogP contribution in [0.3, 0.4) is 0 Å². The Bertz CT molecular complexity index is 1030. The summed E-state index contributed by atoms with van der Waals surface area (Å²) in [4.78, 5) is 25.0. The topological polar surface area (TPSA) is 73.2 Å². The first kappa shape index (κ1) is 19.3. The number of aromatic nitrogens is 2. The molecule has 28 heavy (non-hydrogen) atoms. The maximum absolute atomic E-state index is 13.1. The summed E-state index contributed by atoms with van der Waals surface area (Å²) in [6.07, 6.45) is 0. The number of halogens is 1. The standard InChI is InChI=1S/C21H20FN3O3/c1-3-28-21(27)20-18(23-13-15-6-8-16(22)9-7-15)12-19(26)25(24-20)17-10-4-14(2)5-11-17/h4-12,23H,3,13H2,1-2H3. The summed E-state index contributed by atoms with van der Waals surface area (Å²) in [7, 11) is 0. The summed E-state index contributed by atoms with van der Waals surface area (Å²) in [5, 5.41) is 7.24. The fourth-order valence-corrected chi connectivity index (χ4v) is 2.61. The largest absolute Gasteiger partial charge is 0.461 e. The van der Waals surface area contributed by atoms with Crippen LogP contribution >= 0.6 is 0 Å². The molecular formula is C21H20FN3O3. The molecule has 0 saturated heterocycles. The molecule has 0 aliphatic carbocycles. The number of esters is 1. The van der Waals surface area contributed by atoms with Crippen molar-refractivity contribution in [3.63, 3.8) is 0 Å². The Morgan fingerprint density at radius 3 is 2.46 bits per heavy atom. The first-order valence-electron chi connectivity index (χ1n) is 8.85. The normalized spacial score (nSPS) is 10.5. The van der Waals surface area contributed by atoms with Crippen LogP contribution in [0.1, 0.15) is 28.5 Å². The van der Waals surface area contributed by atoms with E-state index in [1.165, 1.54) is 18.2 Å². The van der Waals surface area contributed by atoms with E-state index in [9.17, 15) is 14.0 Å². The lowest BCUT2D eigenvalue weighted by molar-refractivity contribution is 0.0518. The van der Waals surface area contributed by atoms with Crippen molar-refractivity contribution in [3.8, 4) is 5.69 Å². The number of nitrogens with one attached hydrogen (secondary N) is 1. The lowest BCUT2D eigenvalue weighted by Crippen LogP contribution is -2.25. The molecule has 1 N–H and O–H groups in total. The van der Waals surface area contributed by atoms with Gasteiger partial charge >= 0.3 is 5.97 Å². The molecule has 6 nitrogen and oxygen atoms in total. The van der Waals surface area contributed by atoms with Crippen LogP contribution in [0, 0.1) is 12.7 Å². The maximum atomic E-state index is 13.1.